The van der Waals surface area contributed by atoms with E-state index in [0.29, 0.717) is 16.9 Å². The van der Waals surface area contributed by atoms with Crippen molar-refractivity contribution in [2.45, 2.75) is 20.0 Å². The number of aryl methyl sites for hydroxylation is 2. The Morgan fingerprint density at radius 2 is 1.86 bits per heavy atom. The van der Waals surface area contributed by atoms with Gasteiger partial charge in [0.2, 0.25) is 0 Å². The third kappa shape index (κ3) is 1.49. The number of ketones is 1. The molecular formula is C18H14O3. The van der Waals surface area contributed by atoms with Crippen LogP contribution in [-0.2, 0) is 0 Å². The lowest BCUT2D eigenvalue weighted by molar-refractivity contribution is 0.0743. The summed E-state index contributed by atoms with van der Waals surface area (Å²) in [5.41, 5.74) is 3.84. The summed E-state index contributed by atoms with van der Waals surface area (Å²) in [7, 11) is 0. The van der Waals surface area contributed by atoms with Crippen LogP contribution in [0.15, 0.2) is 41.0 Å². The first-order valence-corrected chi connectivity index (χ1v) is 6.92. The Morgan fingerprint density at radius 1 is 1.05 bits per heavy atom. The van der Waals surface area contributed by atoms with Gasteiger partial charge in [-0.1, -0.05) is 24.3 Å². The minimum Gasteiger partial charge on any atom is -0.464 e. The summed E-state index contributed by atoms with van der Waals surface area (Å²) in [4.78, 5) is 12.7. The first kappa shape index (κ1) is 12.4. The van der Waals surface area contributed by atoms with Gasteiger partial charge in [0.15, 0.2) is 5.78 Å². The van der Waals surface area contributed by atoms with Gasteiger partial charge in [0.25, 0.3) is 0 Å². The Hall–Kier alpha value is -2.39. The number of hydrogen-bond acceptors (Lipinski definition) is 3. The zero-order valence-electron chi connectivity index (χ0n) is 11.8. The lowest BCUT2D eigenvalue weighted by Crippen LogP contribution is -2.19. The van der Waals surface area contributed by atoms with Crippen LogP contribution in [0.3, 0.4) is 0 Å². The number of hydrogen-bond donors (Lipinski definition) is 1. The van der Waals surface area contributed by atoms with Gasteiger partial charge in [-0.05, 0) is 41.8 Å². The Balaban J connectivity index is 2.17. The summed E-state index contributed by atoms with van der Waals surface area (Å²) in [5.74, 6) is 0.358. The quantitative estimate of drug-likeness (QED) is 0.677. The van der Waals surface area contributed by atoms with Crippen molar-refractivity contribution >= 4 is 16.6 Å². The molecule has 1 aliphatic carbocycles. The number of carbonyl (C=O) groups excluding carboxylic acids is 1. The highest BCUT2D eigenvalue weighted by molar-refractivity contribution is 6.17. The minimum atomic E-state index is -1.14. The lowest BCUT2D eigenvalue weighted by atomic mass is 9.83. The van der Waals surface area contributed by atoms with Crippen LogP contribution in [0.5, 0.6) is 0 Å². The number of Topliss-reactive ketones (excluding diaryl/α,β-unsaturated/α-hetero) is 1. The molecule has 0 radical (unpaired) electrons. The van der Waals surface area contributed by atoms with E-state index in [-0.39, 0.29) is 5.78 Å². The molecule has 0 amide bonds. The van der Waals surface area contributed by atoms with E-state index in [1.165, 1.54) is 0 Å². The molecule has 3 heteroatoms. The van der Waals surface area contributed by atoms with Gasteiger partial charge in [0, 0.05) is 16.7 Å². The van der Waals surface area contributed by atoms with Crippen LogP contribution in [-0.4, -0.2) is 10.9 Å². The van der Waals surface area contributed by atoms with Crippen LogP contribution in [0.25, 0.3) is 22.1 Å². The molecule has 104 valence electrons. The summed E-state index contributed by atoms with van der Waals surface area (Å²) in [6.45, 7) is 3.86. The smallest absolute Gasteiger partial charge is 0.197 e. The van der Waals surface area contributed by atoms with Gasteiger partial charge in [-0.25, -0.2) is 0 Å². The minimum absolute atomic E-state index is 0.252. The Kier molecular flexibility index (Phi) is 2.39. The second-order valence-corrected chi connectivity index (χ2v) is 5.59. The molecule has 0 saturated carbocycles. The molecule has 0 spiro atoms. The normalized spacial score (nSPS) is 16.9. The fourth-order valence-corrected chi connectivity index (χ4v) is 3.24. The van der Waals surface area contributed by atoms with E-state index in [4.69, 9.17) is 4.42 Å². The Morgan fingerprint density at radius 3 is 2.67 bits per heavy atom. The lowest BCUT2D eigenvalue weighted by Gasteiger charge is -2.21. The zero-order chi connectivity index (χ0) is 14.7. The molecule has 1 atom stereocenters. The van der Waals surface area contributed by atoms with E-state index in [1.807, 2.05) is 44.2 Å². The Bertz CT molecular complexity index is 902. The van der Waals surface area contributed by atoms with E-state index in [9.17, 15) is 9.90 Å². The maximum atomic E-state index is 12.7. The molecule has 0 saturated heterocycles. The van der Waals surface area contributed by atoms with Crippen LogP contribution in [0.2, 0.25) is 0 Å². The SMILES string of the molecule is Cc1coc2c1C(O)C(=O)c1c-2ccc2c(C)cccc12. The molecule has 0 bridgehead atoms. The van der Waals surface area contributed by atoms with Gasteiger partial charge in [-0.15, -0.1) is 0 Å². The van der Waals surface area contributed by atoms with Gasteiger partial charge in [-0.2, -0.15) is 0 Å². The van der Waals surface area contributed by atoms with Crippen molar-refractivity contribution in [3.8, 4) is 11.3 Å². The molecule has 3 nitrogen and oxygen atoms in total. The molecule has 0 aliphatic heterocycles. The van der Waals surface area contributed by atoms with Gasteiger partial charge in [-0.3, -0.25) is 4.79 Å². The van der Waals surface area contributed by atoms with Crippen LogP contribution in [0.1, 0.15) is 33.2 Å². The average Bonchev–Trinajstić information content (AvgIpc) is 2.86. The monoisotopic (exact) mass is 278 g/mol. The van der Waals surface area contributed by atoms with E-state index in [1.54, 1.807) is 6.26 Å². The van der Waals surface area contributed by atoms with Crippen LogP contribution in [0, 0.1) is 13.8 Å². The van der Waals surface area contributed by atoms with Gasteiger partial charge in [0.1, 0.15) is 11.9 Å². The van der Waals surface area contributed by atoms with Crippen molar-refractivity contribution in [1.29, 1.82) is 0 Å². The third-order valence-electron chi connectivity index (χ3n) is 4.32. The molecule has 1 unspecified atom stereocenters. The predicted octanol–water partition coefficient (Wildman–Crippen LogP) is 3.95. The van der Waals surface area contributed by atoms with E-state index < -0.39 is 6.10 Å². The first-order chi connectivity index (χ1) is 10.1. The molecule has 1 heterocycles. The molecular weight excluding hydrogens is 264 g/mol. The van der Waals surface area contributed by atoms with E-state index in [0.717, 1.165) is 27.5 Å². The fraction of sp³-hybridized carbons (Fsp3) is 0.167. The molecule has 21 heavy (non-hydrogen) atoms. The summed E-state index contributed by atoms with van der Waals surface area (Å²) in [6.07, 6.45) is 0.453. The van der Waals surface area contributed by atoms with Crippen molar-refractivity contribution < 1.29 is 14.3 Å². The summed E-state index contributed by atoms with van der Waals surface area (Å²) in [6, 6.07) is 9.79. The highest BCUT2D eigenvalue weighted by atomic mass is 16.3. The van der Waals surface area contributed by atoms with Crippen LogP contribution >= 0.6 is 0 Å². The Labute approximate surface area is 121 Å². The van der Waals surface area contributed by atoms with Gasteiger partial charge < -0.3 is 9.52 Å². The van der Waals surface area contributed by atoms with Crippen LogP contribution < -0.4 is 0 Å². The molecule has 1 aromatic heterocycles. The topological polar surface area (TPSA) is 50.4 Å². The molecule has 1 aliphatic rings. The average molecular weight is 278 g/mol. The van der Waals surface area contributed by atoms with Gasteiger partial charge in [0.05, 0.1) is 6.26 Å². The number of carbonyl (C=O) groups is 1. The summed E-state index contributed by atoms with van der Waals surface area (Å²) >= 11 is 0. The molecule has 1 N–H and O–H groups in total. The summed E-state index contributed by atoms with van der Waals surface area (Å²) < 4.78 is 5.60. The molecule has 0 fully saturated rings. The first-order valence-electron chi connectivity index (χ1n) is 6.92. The van der Waals surface area contributed by atoms with Crippen LogP contribution in [0.4, 0.5) is 0 Å². The predicted molar refractivity (Wildman–Crippen MR) is 80.4 cm³/mol. The number of fused-ring (bicyclic) bond motifs is 5. The second kappa shape index (κ2) is 4.06. The van der Waals surface area contributed by atoms with Crippen molar-refractivity contribution in [2.75, 3.05) is 0 Å². The standard InChI is InChI=1S/C18H14O3/c1-9-4-3-5-12-11(9)6-7-13-15(12)17(20)16(19)14-10(2)8-21-18(13)14/h3-8,16,19H,1-2H3. The van der Waals surface area contributed by atoms with E-state index >= 15 is 0 Å². The summed E-state index contributed by atoms with van der Waals surface area (Å²) in [5, 5.41) is 12.3. The van der Waals surface area contributed by atoms with Crippen molar-refractivity contribution in [1.82, 2.24) is 0 Å². The second-order valence-electron chi connectivity index (χ2n) is 5.59. The number of rotatable bonds is 0. The fourth-order valence-electron chi connectivity index (χ4n) is 3.24. The number of furan rings is 1. The molecule has 4 rings (SSSR count). The highest BCUT2D eigenvalue weighted by Gasteiger charge is 2.35. The van der Waals surface area contributed by atoms with E-state index in [2.05, 4.69) is 0 Å². The number of benzene rings is 2. The number of aliphatic hydroxyl groups is 1. The maximum absolute atomic E-state index is 12.7. The van der Waals surface area contributed by atoms with Crippen molar-refractivity contribution in [2.24, 2.45) is 0 Å². The zero-order valence-corrected chi connectivity index (χ0v) is 11.8. The van der Waals surface area contributed by atoms with Gasteiger partial charge >= 0.3 is 0 Å². The third-order valence-corrected chi connectivity index (χ3v) is 4.32. The molecule has 2 aromatic carbocycles. The largest absolute Gasteiger partial charge is 0.464 e. The maximum Gasteiger partial charge on any atom is 0.197 e. The van der Waals surface area contributed by atoms with Crippen molar-refractivity contribution in [3.05, 3.63) is 58.8 Å². The number of aliphatic hydroxyl groups excluding tert-OH is 1. The highest BCUT2D eigenvalue weighted by Crippen LogP contribution is 2.43. The molecule has 3 aromatic rings. The van der Waals surface area contributed by atoms with Crippen molar-refractivity contribution in [3.63, 3.8) is 0 Å².